The maximum Gasteiger partial charge on any atom is 0.254 e. The van der Waals surface area contributed by atoms with Crippen LogP contribution in [0.2, 0.25) is 0 Å². The first-order valence-electron chi connectivity index (χ1n) is 5.71. The number of nitrogens with one attached hydrogen (secondary N) is 1. The Morgan fingerprint density at radius 3 is 2.60 bits per heavy atom. The van der Waals surface area contributed by atoms with Crippen LogP contribution in [0.4, 0.5) is 4.39 Å². The molecule has 0 heterocycles. The van der Waals surface area contributed by atoms with Crippen LogP contribution in [0.1, 0.15) is 17.3 Å². The summed E-state index contributed by atoms with van der Waals surface area (Å²) in [5, 5.41) is 7.26. The van der Waals surface area contributed by atoms with E-state index in [1.165, 1.54) is 0 Å². The first kappa shape index (κ1) is 16.7. The summed E-state index contributed by atoms with van der Waals surface area (Å²) < 4.78 is 46.8. The van der Waals surface area contributed by atoms with Gasteiger partial charge in [-0.1, -0.05) is 6.92 Å². The van der Waals surface area contributed by atoms with Crippen molar-refractivity contribution in [3.63, 3.8) is 0 Å². The smallest absolute Gasteiger partial charge is 0.254 e. The molecule has 1 atom stereocenters. The quantitative estimate of drug-likeness (QED) is 0.767. The average Bonchev–Trinajstić information content (AvgIpc) is 2.37. The summed E-state index contributed by atoms with van der Waals surface area (Å²) >= 11 is 0. The van der Waals surface area contributed by atoms with E-state index in [0.717, 1.165) is 12.1 Å². The monoisotopic (exact) mass is 322 g/mol. The third-order valence-corrected chi connectivity index (χ3v) is 4.67. The van der Waals surface area contributed by atoms with Crippen LogP contribution in [-0.4, -0.2) is 36.6 Å². The Morgan fingerprint density at radius 2 is 2.10 bits per heavy atom. The van der Waals surface area contributed by atoms with Crippen LogP contribution in [0.3, 0.4) is 0 Å². The van der Waals surface area contributed by atoms with Gasteiger partial charge in [0.1, 0.15) is 5.82 Å². The third-order valence-electron chi connectivity index (χ3n) is 2.45. The lowest BCUT2D eigenvalue weighted by Crippen LogP contribution is -2.28. The fourth-order valence-electron chi connectivity index (χ4n) is 1.37. The van der Waals surface area contributed by atoms with Crippen molar-refractivity contribution in [2.24, 2.45) is 5.14 Å². The molecular formula is C11H15FN2O4S2. The number of carbonyl (C=O) groups excluding carboxylic acids is 1. The highest BCUT2D eigenvalue weighted by Crippen LogP contribution is 2.13. The van der Waals surface area contributed by atoms with Crippen LogP contribution in [0.15, 0.2) is 23.1 Å². The average molecular weight is 322 g/mol. The maximum atomic E-state index is 13.6. The zero-order chi connectivity index (χ0) is 15.3. The number of primary sulfonamides is 1. The fourth-order valence-corrected chi connectivity index (χ4v) is 2.52. The number of amides is 1. The van der Waals surface area contributed by atoms with Crippen molar-refractivity contribution in [3.8, 4) is 0 Å². The van der Waals surface area contributed by atoms with Gasteiger partial charge >= 0.3 is 0 Å². The first-order valence-corrected chi connectivity index (χ1v) is 8.74. The molecule has 0 radical (unpaired) electrons. The Hall–Kier alpha value is -1.32. The minimum atomic E-state index is -4.01. The van der Waals surface area contributed by atoms with Crippen molar-refractivity contribution in [1.82, 2.24) is 5.32 Å². The Morgan fingerprint density at radius 1 is 1.45 bits per heavy atom. The highest BCUT2D eigenvalue weighted by atomic mass is 32.2. The molecule has 0 aliphatic rings. The number of rotatable bonds is 6. The lowest BCUT2D eigenvalue weighted by molar-refractivity contribution is 0.0952. The van der Waals surface area contributed by atoms with Crippen LogP contribution in [-0.2, 0) is 20.8 Å². The maximum absolute atomic E-state index is 13.6. The van der Waals surface area contributed by atoms with Gasteiger partial charge in [0, 0.05) is 28.9 Å². The van der Waals surface area contributed by atoms with Gasteiger partial charge in [0.05, 0.1) is 10.5 Å². The number of nitrogens with two attached hydrogens (primary N) is 1. The van der Waals surface area contributed by atoms with Crippen molar-refractivity contribution >= 4 is 26.7 Å². The van der Waals surface area contributed by atoms with Gasteiger partial charge in [0.15, 0.2) is 0 Å². The first-order chi connectivity index (χ1) is 9.25. The summed E-state index contributed by atoms with van der Waals surface area (Å²) in [7, 11) is -5.04. The van der Waals surface area contributed by atoms with E-state index in [-0.39, 0.29) is 17.9 Å². The summed E-state index contributed by atoms with van der Waals surface area (Å²) in [6.07, 6.45) is 0. The van der Waals surface area contributed by atoms with Gasteiger partial charge in [-0.05, 0) is 18.2 Å². The molecule has 3 N–H and O–H groups in total. The van der Waals surface area contributed by atoms with E-state index in [0.29, 0.717) is 11.8 Å². The van der Waals surface area contributed by atoms with Gasteiger partial charge in [0.25, 0.3) is 5.91 Å². The number of hydrogen-bond acceptors (Lipinski definition) is 4. The minimum Gasteiger partial charge on any atom is -0.351 e. The lowest BCUT2D eigenvalue weighted by atomic mass is 10.2. The van der Waals surface area contributed by atoms with Crippen molar-refractivity contribution in [2.45, 2.75) is 11.8 Å². The molecule has 0 bridgehead atoms. The van der Waals surface area contributed by atoms with Gasteiger partial charge in [-0.15, -0.1) is 0 Å². The van der Waals surface area contributed by atoms with Gasteiger partial charge in [-0.25, -0.2) is 17.9 Å². The molecule has 0 spiro atoms. The standard InChI is InChI=1S/C11H15FN2O4S2/c1-2-19(16)6-5-14-11(15)9-4-3-8(7-10(9)12)20(13,17)18/h3-4,7H,2,5-6H2,1H3,(H,14,15)(H2,13,17,18). The van der Waals surface area contributed by atoms with E-state index in [4.69, 9.17) is 5.14 Å². The van der Waals surface area contributed by atoms with Crippen LogP contribution >= 0.6 is 0 Å². The molecule has 1 unspecified atom stereocenters. The summed E-state index contributed by atoms with van der Waals surface area (Å²) in [4.78, 5) is 11.3. The molecule has 0 saturated carbocycles. The molecule has 112 valence electrons. The predicted molar refractivity (Wildman–Crippen MR) is 73.7 cm³/mol. The van der Waals surface area contributed by atoms with Crippen LogP contribution < -0.4 is 10.5 Å². The van der Waals surface area contributed by atoms with Crippen LogP contribution in [0.25, 0.3) is 0 Å². The van der Waals surface area contributed by atoms with E-state index in [1.807, 2.05) is 0 Å². The number of sulfonamides is 1. The molecule has 1 rings (SSSR count). The Balaban J connectivity index is 2.77. The van der Waals surface area contributed by atoms with E-state index >= 15 is 0 Å². The van der Waals surface area contributed by atoms with Gasteiger partial charge in [-0.2, -0.15) is 0 Å². The molecule has 9 heteroatoms. The normalized spacial score (nSPS) is 12.9. The van der Waals surface area contributed by atoms with E-state index < -0.39 is 37.4 Å². The van der Waals surface area contributed by atoms with Crippen molar-refractivity contribution in [1.29, 1.82) is 0 Å². The SMILES string of the molecule is CCS(=O)CCNC(=O)c1ccc(S(N)(=O)=O)cc1F. The highest BCUT2D eigenvalue weighted by Gasteiger charge is 2.15. The van der Waals surface area contributed by atoms with Gasteiger partial charge < -0.3 is 5.32 Å². The second-order valence-electron chi connectivity index (χ2n) is 3.88. The number of benzene rings is 1. The van der Waals surface area contributed by atoms with Gasteiger partial charge in [0.2, 0.25) is 10.0 Å². The Kier molecular flexibility index (Phi) is 5.78. The highest BCUT2D eigenvalue weighted by molar-refractivity contribution is 7.89. The zero-order valence-corrected chi connectivity index (χ0v) is 12.4. The Bertz CT molecular complexity index is 631. The second kappa shape index (κ2) is 6.91. The third kappa shape index (κ3) is 4.66. The number of hydrogen-bond donors (Lipinski definition) is 2. The fraction of sp³-hybridized carbons (Fsp3) is 0.364. The molecule has 0 aliphatic carbocycles. The second-order valence-corrected chi connectivity index (χ2v) is 7.30. The molecule has 0 aliphatic heterocycles. The van der Waals surface area contributed by atoms with Crippen molar-refractivity contribution in [3.05, 3.63) is 29.6 Å². The van der Waals surface area contributed by atoms with Crippen LogP contribution in [0.5, 0.6) is 0 Å². The summed E-state index contributed by atoms with van der Waals surface area (Å²) in [5.74, 6) is -0.922. The molecule has 0 aromatic heterocycles. The molecule has 1 aromatic carbocycles. The molecule has 1 aromatic rings. The largest absolute Gasteiger partial charge is 0.351 e. The Labute approximate surface area is 119 Å². The summed E-state index contributed by atoms with van der Waals surface area (Å²) in [6.45, 7) is 1.90. The van der Waals surface area contributed by atoms with E-state index in [1.54, 1.807) is 6.92 Å². The zero-order valence-electron chi connectivity index (χ0n) is 10.8. The summed E-state index contributed by atoms with van der Waals surface area (Å²) in [6, 6.07) is 2.78. The van der Waals surface area contributed by atoms with Crippen LogP contribution in [0, 0.1) is 5.82 Å². The van der Waals surface area contributed by atoms with E-state index in [2.05, 4.69) is 5.32 Å². The topological polar surface area (TPSA) is 106 Å². The number of carbonyl (C=O) groups is 1. The summed E-state index contributed by atoms with van der Waals surface area (Å²) in [5.41, 5.74) is -0.292. The van der Waals surface area contributed by atoms with Crippen molar-refractivity contribution in [2.75, 3.05) is 18.1 Å². The molecule has 0 fully saturated rings. The minimum absolute atomic E-state index is 0.148. The molecular weight excluding hydrogens is 307 g/mol. The molecule has 20 heavy (non-hydrogen) atoms. The molecule has 6 nitrogen and oxygen atoms in total. The lowest BCUT2D eigenvalue weighted by Gasteiger charge is -2.06. The number of halogens is 1. The molecule has 1 amide bonds. The predicted octanol–water partition coefficient (Wildman–Crippen LogP) is -0.0285. The van der Waals surface area contributed by atoms with Crippen molar-refractivity contribution < 1.29 is 21.8 Å². The molecule has 0 saturated heterocycles. The van der Waals surface area contributed by atoms with E-state index in [9.17, 15) is 21.8 Å². The van der Waals surface area contributed by atoms with Gasteiger partial charge in [-0.3, -0.25) is 9.00 Å².